The van der Waals surface area contributed by atoms with E-state index >= 15 is 0 Å². The molecule has 1 fully saturated rings. The van der Waals surface area contributed by atoms with Crippen LogP contribution in [0.1, 0.15) is 10.4 Å². The second-order valence-corrected chi connectivity index (χ2v) is 7.15. The zero-order valence-corrected chi connectivity index (χ0v) is 16.5. The van der Waals surface area contributed by atoms with Crippen molar-refractivity contribution in [1.29, 1.82) is 0 Å². The van der Waals surface area contributed by atoms with Crippen molar-refractivity contribution in [2.24, 2.45) is 0 Å². The number of nitrogens with one attached hydrogen (secondary N) is 2. The third-order valence-electron chi connectivity index (χ3n) is 5.05. The van der Waals surface area contributed by atoms with Gasteiger partial charge in [-0.25, -0.2) is 9.97 Å². The Kier molecular flexibility index (Phi) is 4.83. The maximum atomic E-state index is 12.7. The van der Waals surface area contributed by atoms with E-state index in [4.69, 9.17) is 9.47 Å². The number of piperazine rings is 1. The van der Waals surface area contributed by atoms with Gasteiger partial charge in [-0.15, -0.1) is 0 Å². The summed E-state index contributed by atoms with van der Waals surface area (Å²) in [6, 6.07) is 12.7. The second-order valence-electron chi connectivity index (χ2n) is 7.15. The Labute approximate surface area is 178 Å². The molecule has 9 nitrogen and oxygen atoms in total. The Morgan fingerprint density at radius 2 is 1.87 bits per heavy atom. The molecule has 0 aliphatic carbocycles. The van der Waals surface area contributed by atoms with Crippen LogP contribution in [0.2, 0.25) is 0 Å². The van der Waals surface area contributed by atoms with Crippen LogP contribution in [0.15, 0.2) is 54.9 Å². The highest BCUT2D eigenvalue weighted by atomic mass is 16.7. The fourth-order valence-electron chi connectivity index (χ4n) is 3.47. The Bertz CT molecular complexity index is 1150. The first-order chi connectivity index (χ1) is 15.2. The average molecular weight is 417 g/mol. The fourth-order valence-corrected chi connectivity index (χ4v) is 3.47. The summed E-state index contributed by atoms with van der Waals surface area (Å²) in [6.07, 6.45) is 3.43. The molecule has 0 unspecified atom stereocenters. The van der Waals surface area contributed by atoms with E-state index in [1.165, 1.54) is 4.90 Å². The van der Waals surface area contributed by atoms with E-state index in [1.807, 2.05) is 24.3 Å². The molecule has 2 aliphatic rings. The van der Waals surface area contributed by atoms with Crippen molar-refractivity contribution in [3.8, 4) is 22.6 Å². The van der Waals surface area contributed by atoms with Gasteiger partial charge in [-0.1, -0.05) is 12.1 Å². The van der Waals surface area contributed by atoms with Crippen molar-refractivity contribution in [1.82, 2.24) is 20.2 Å². The summed E-state index contributed by atoms with van der Waals surface area (Å²) in [6.45, 7) is 1.25. The lowest BCUT2D eigenvalue weighted by Crippen LogP contribution is -2.49. The molecule has 3 heterocycles. The summed E-state index contributed by atoms with van der Waals surface area (Å²) < 4.78 is 10.7. The summed E-state index contributed by atoms with van der Waals surface area (Å²) >= 11 is 0. The minimum Gasteiger partial charge on any atom is -0.454 e. The second kappa shape index (κ2) is 7.94. The number of rotatable bonds is 4. The molecule has 0 atom stereocenters. The first-order valence-corrected chi connectivity index (χ1v) is 9.81. The number of hydrogen-bond donors (Lipinski definition) is 2. The molecule has 9 heteroatoms. The van der Waals surface area contributed by atoms with Gasteiger partial charge in [0, 0.05) is 42.3 Å². The quantitative estimate of drug-likeness (QED) is 0.670. The van der Waals surface area contributed by atoms with Crippen LogP contribution in [0.4, 0.5) is 11.6 Å². The van der Waals surface area contributed by atoms with Crippen molar-refractivity contribution in [3.63, 3.8) is 0 Å². The van der Waals surface area contributed by atoms with Crippen LogP contribution in [0.3, 0.4) is 0 Å². The van der Waals surface area contributed by atoms with Crippen LogP contribution in [0.5, 0.6) is 11.5 Å². The topological polar surface area (TPSA) is 106 Å². The maximum Gasteiger partial charge on any atom is 0.254 e. The van der Waals surface area contributed by atoms with Crippen molar-refractivity contribution < 1.29 is 19.1 Å². The number of benzene rings is 2. The highest BCUT2D eigenvalue weighted by Gasteiger charge is 2.22. The third-order valence-corrected chi connectivity index (χ3v) is 5.05. The molecule has 0 radical (unpaired) electrons. The van der Waals surface area contributed by atoms with Gasteiger partial charge >= 0.3 is 0 Å². The van der Waals surface area contributed by atoms with E-state index in [-0.39, 0.29) is 25.2 Å². The number of aromatic nitrogens is 2. The predicted molar refractivity (Wildman–Crippen MR) is 112 cm³/mol. The van der Waals surface area contributed by atoms with Crippen LogP contribution >= 0.6 is 0 Å². The minimum atomic E-state index is -0.183. The molecular weight excluding hydrogens is 398 g/mol. The van der Waals surface area contributed by atoms with Crippen LogP contribution in [-0.2, 0) is 4.79 Å². The Morgan fingerprint density at radius 3 is 2.71 bits per heavy atom. The number of carbonyl (C=O) groups is 2. The van der Waals surface area contributed by atoms with Gasteiger partial charge in [-0.2, -0.15) is 0 Å². The van der Waals surface area contributed by atoms with Gasteiger partial charge in [0.15, 0.2) is 11.5 Å². The number of fused-ring (bicyclic) bond motifs is 1. The molecule has 1 saturated heterocycles. The van der Waals surface area contributed by atoms with Gasteiger partial charge < -0.3 is 25.0 Å². The van der Waals surface area contributed by atoms with Crippen LogP contribution in [-0.4, -0.2) is 53.1 Å². The van der Waals surface area contributed by atoms with E-state index in [0.717, 1.165) is 16.9 Å². The van der Waals surface area contributed by atoms with Crippen LogP contribution < -0.4 is 20.1 Å². The standard InChI is InChI=1S/C22H19N5O4/c28-20-12-27(7-6-23-20)21(29)15-2-1-3-17(8-15)26-22-24-10-16(11-25-22)14-4-5-18-19(9-14)31-13-30-18/h1-5,8-11H,6-7,12-13H2,(H,23,28)(H,24,25,26). The van der Waals surface area contributed by atoms with Gasteiger partial charge in [-0.3, -0.25) is 9.59 Å². The molecular formula is C22H19N5O4. The lowest BCUT2D eigenvalue weighted by atomic mass is 10.1. The van der Waals surface area contributed by atoms with E-state index in [0.29, 0.717) is 36.0 Å². The Morgan fingerprint density at radius 1 is 1.03 bits per heavy atom. The van der Waals surface area contributed by atoms with Gasteiger partial charge in [0.25, 0.3) is 5.91 Å². The monoisotopic (exact) mass is 417 g/mol. The molecule has 0 bridgehead atoms. The van der Waals surface area contributed by atoms with E-state index in [1.54, 1.807) is 30.6 Å². The first kappa shape index (κ1) is 18.9. The molecule has 0 saturated carbocycles. The van der Waals surface area contributed by atoms with Crippen molar-refractivity contribution in [2.45, 2.75) is 0 Å². The van der Waals surface area contributed by atoms with Gasteiger partial charge in [0.1, 0.15) is 0 Å². The molecule has 2 aromatic carbocycles. The fraction of sp³-hybridized carbons (Fsp3) is 0.182. The molecule has 2 aliphatic heterocycles. The van der Waals surface area contributed by atoms with Crippen LogP contribution in [0.25, 0.3) is 11.1 Å². The highest BCUT2D eigenvalue weighted by molar-refractivity contribution is 5.97. The smallest absolute Gasteiger partial charge is 0.254 e. The third kappa shape index (κ3) is 3.97. The molecule has 0 spiro atoms. The highest BCUT2D eigenvalue weighted by Crippen LogP contribution is 2.35. The Hall–Kier alpha value is -4.14. The number of carbonyl (C=O) groups excluding carboxylic acids is 2. The summed E-state index contributed by atoms with van der Waals surface area (Å²) in [5, 5.41) is 5.83. The SMILES string of the molecule is O=C1CN(C(=O)c2cccc(Nc3ncc(-c4ccc5c(c4)OCO5)cn3)c2)CCN1. The van der Waals surface area contributed by atoms with Gasteiger partial charge in [-0.05, 0) is 35.9 Å². The van der Waals surface area contributed by atoms with Crippen molar-refractivity contribution in [2.75, 3.05) is 31.7 Å². The number of hydrogen-bond acceptors (Lipinski definition) is 7. The summed E-state index contributed by atoms with van der Waals surface area (Å²) in [7, 11) is 0. The number of ether oxygens (including phenoxy) is 2. The molecule has 2 amide bonds. The predicted octanol–water partition coefficient (Wildman–Crippen LogP) is 2.19. The number of nitrogens with zero attached hydrogens (tertiary/aromatic N) is 3. The number of anilines is 2. The molecule has 2 N–H and O–H groups in total. The summed E-state index contributed by atoms with van der Waals surface area (Å²) in [5.74, 6) is 1.50. The molecule has 156 valence electrons. The van der Waals surface area contributed by atoms with Crippen molar-refractivity contribution in [3.05, 3.63) is 60.4 Å². The molecule has 3 aromatic rings. The van der Waals surface area contributed by atoms with Crippen LogP contribution in [0, 0.1) is 0 Å². The zero-order valence-electron chi connectivity index (χ0n) is 16.5. The molecule has 5 rings (SSSR count). The summed E-state index contributed by atoms with van der Waals surface area (Å²) in [4.78, 5) is 34.5. The van der Waals surface area contributed by atoms with Crippen molar-refractivity contribution >= 4 is 23.5 Å². The van der Waals surface area contributed by atoms with Gasteiger partial charge in [0.2, 0.25) is 18.6 Å². The molecule has 1 aromatic heterocycles. The largest absolute Gasteiger partial charge is 0.454 e. The normalized spacial score (nSPS) is 14.8. The Balaban J connectivity index is 1.29. The van der Waals surface area contributed by atoms with E-state index in [2.05, 4.69) is 20.6 Å². The van der Waals surface area contributed by atoms with E-state index in [9.17, 15) is 9.59 Å². The number of amides is 2. The van der Waals surface area contributed by atoms with Gasteiger partial charge in [0.05, 0.1) is 6.54 Å². The first-order valence-electron chi connectivity index (χ1n) is 9.81. The summed E-state index contributed by atoms with van der Waals surface area (Å²) in [5.41, 5.74) is 2.95. The maximum absolute atomic E-state index is 12.7. The zero-order chi connectivity index (χ0) is 21.2. The lowest BCUT2D eigenvalue weighted by molar-refractivity contribution is -0.123. The lowest BCUT2D eigenvalue weighted by Gasteiger charge is -2.26. The molecule has 31 heavy (non-hydrogen) atoms. The minimum absolute atomic E-state index is 0.0704. The average Bonchev–Trinajstić information content (AvgIpc) is 3.27. The van der Waals surface area contributed by atoms with E-state index < -0.39 is 0 Å².